The Morgan fingerprint density at radius 1 is 1.28 bits per heavy atom. The number of aliphatic hydroxyl groups is 3. The molecule has 0 spiro atoms. The lowest BCUT2D eigenvalue weighted by molar-refractivity contribution is -0.395. The van der Waals surface area contributed by atoms with Crippen LogP contribution in [-0.4, -0.2) is 56.3 Å². The van der Waals surface area contributed by atoms with Gasteiger partial charge >= 0.3 is 5.69 Å². The molecule has 0 amide bonds. The number of nitrogens with zero attached hydrogens (tertiary/aromatic N) is 2. The smallest absolute Gasteiger partial charge is 0.317 e. The van der Waals surface area contributed by atoms with Gasteiger partial charge in [0.05, 0.1) is 28.6 Å². The van der Waals surface area contributed by atoms with Crippen molar-refractivity contribution in [1.29, 1.82) is 0 Å². The first-order valence-electron chi connectivity index (χ1n) is 7.43. The van der Waals surface area contributed by atoms with Gasteiger partial charge < -0.3 is 20.1 Å². The van der Waals surface area contributed by atoms with Crippen molar-refractivity contribution in [3.8, 4) is 5.75 Å². The maximum Gasteiger partial charge on any atom is 0.317 e. The van der Waals surface area contributed by atoms with Crippen molar-refractivity contribution in [3.63, 3.8) is 0 Å². The number of hydrogen-bond acceptors (Lipinski definition) is 8. The normalized spacial score (nSPS) is 36.4. The molecule has 2 saturated carbocycles. The van der Waals surface area contributed by atoms with Gasteiger partial charge in [-0.3, -0.25) is 20.2 Å². The van der Waals surface area contributed by atoms with E-state index in [1.807, 2.05) is 0 Å². The number of hydrogen-bond donors (Lipinski definition) is 3. The third kappa shape index (κ3) is 2.60. The van der Waals surface area contributed by atoms with Crippen LogP contribution in [0.15, 0.2) is 18.2 Å². The van der Waals surface area contributed by atoms with E-state index < -0.39 is 63.6 Å². The fraction of sp³-hybridized carbons (Fsp3) is 0.571. The molecule has 0 aliphatic heterocycles. The highest BCUT2D eigenvalue weighted by molar-refractivity contribution is 5.53. The van der Waals surface area contributed by atoms with Gasteiger partial charge in [0.2, 0.25) is 0 Å². The quantitative estimate of drug-likeness (QED) is 0.502. The third-order valence-corrected chi connectivity index (χ3v) is 5.03. The average molecular weight is 358 g/mol. The zero-order valence-electron chi connectivity index (χ0n) is 12.7. The number of halogens is 1. The standard InChI is InChI=1S/C14H15FN2O8/c15-10-11(19)13(20)14(5-18)4-7(14)12(10)25-9-2-1-6(16(21)22)3-8(9)17(23)24/h1-3,7,10-13,18-20H,4-5H2. The van der Waals surface area contributed by atoms with E-state index in [1.165, 1.54) is 0 Å². The maximum atomic E-state index is 14.4. The highest BCUT2D eigenvalue weighted by Crippen LogP contribution is 2.62. The highest BCUT2D eigenvalue weighted by atomic mass is 19.1. The third-order valence-electron chi connectivity index (χ3n) is 5.03. The summed E-state index contributed by atoms with van der Waals surface area (Å²) in [5.74, 6) is -1.02. The summed E-state index contributed by atoms with van der Waals surface area (Å²) in [6.07, 6.45) is -6.45. The molecule has 0 aromatic heterocycles. The van der Waals surface area contributed by atoms with Crippen LogP contribution >= 0.6 is 0 Å². The fourth-order valence-electron chi connectivity index (χ4n) is 3.50. The van der Waals surface area contributed by atoms with Gasteiger partial charge in [0, 0.05) is 17.4 Å². The number of nitro benzene ring substituents is 2. The van der Waals surface area contributed by atoms with Crippen molar-refractivity contribution in [2.45, 2.75) is 30.9 Å². The predicted octanol–water partition coefficient (Wildman–Crippen LogP) is 0.322. The summed E-state index contributed by atoms with van der Waals surface area (Å²) in [6, 6.07) is 2.67. The molecule has 6 unspecified atom stereocenters. The molecule has 0 bridgehead atoms. The van der Waals surface area contributed by atoms with Gasteiger partial charge in [-0.2, -0.15) is 0 Å². The highest BCUT2D eigenvalue weighted by Gasteiger charge is 2.70. The van der Waals surface area contributed by atoms with Gasteiger partial charge in [-0.15, -0.1) is 0 Å². The van der Waals surface area contributed by atoms with E-state index in [0.717, 1.165) is 12.1 Å². The number of fused-ring (bicyclic) bond motifs is 1. The predicted molar refractivity (Wildman–Crippen MR) is 78.7 cm³/mol. The van der Waals surface area contributed by atoms with Crippen molar-refractivity contribution in [2.24, 2.45) is 11.3 Å². The summed E-state index contributed by atoms with van der Waals surface area (Å²) in [7, 11) is 0. The minimum absolute atomic E-state index is 0.188. The molecule has 2 fully saturated rings. The van der Waals surface area contributed by atoms with E-state index in [2.05, 4.69) is 0 Å². The molecule has 0 saturated heterocycles. The maximum absolute atomic E-state index is 14.4. The summed E-state index contributed by atoms with van der Waals surface area (Å²) >= 11 is 0. The minimum Gasteiger partial charge on any atom is -0.480 e. The Balaban J connectivity index is 1.92. The SMILES string of the molecule is O=[N+]([O-])c1ccc(OC2C(F)C(O)C(O)C3(CO)CC23)c([N+](=O)[O-])c1. The van der Waals surface area contributed by atoms with Crippen LogP contribution in [0.1, 0.15) is 6.42 Å². The molecule has 10 nitrogen and oxygen atoms in total. The largest absolute Gasteiger partial charge is 0.480 e. The molecule has 6 atom stereocenters. The summed E-state index contributed by atoms with van der Waals surface area (Å²) < 4.78 is 19.8. The first-order chi connectivity index (χ1) is 11.7. The van der Waals surface area contributed by atoms with Crippen LogP contribution in [-0.2, 0) is 0 Å². The molecule has 0 radical (unpaired) electrons. The van der Waals surface area contributed by atoms with Gasteiger partial charge in [0.1, 0.15) is 12.2 Å². The van der Waals surface area contributed by atoms with E-state index in [4.69, 9.17) is 4.74 Å². The number of benzene rings is 1. The first kappa shape index (κ1) is 17.5. The lowest BCUT2D eigenvalue weighted by Crippen LogP contribution is -2.55. The Labute approximate surface area is 139 Å². The number of alkyl halides is 1. The van der Waals surface area contributed by atoms with E-state index in [9.17, 15) is 39.9 Å². The number of nitro groups is 2. The molecule has 3 N–H and O–H groups in total. The second-order valence-electron chi connectivity index (χ2n) is 6.33. The zero-order chi connectivity index (χ0) is 18.5. The summed E-state index contributed by atoms with van der Waals surface area (Å²) in [6.45, 7) is -0.495. The van der Waals surface area contributed by atoms with Crippen molar-refractivity contribution in [3.05, 3.63) is 38.4 Å². The summed E-state index contributed by atoms with van der Waals surface area (Å²) in [4.78, 5) is 20.2. The Morgan fingerprint density at radius 3 is 2.52 bits per heavy atom. The Bertz CT molecular complexity index is 731. The second kappa shape index (κ2) is 5.86. The number of non-ortho nitro benzene ring substituents is 1. The summed E-state index contributed by atoms with van der Waals surface area (Å²) in [5, 5.41) is 51.1. The van der Waals surface area contributed by atoms with E-state index >= 15 is 0 Å². The Morgan fingerprint density at radius 2 is 1.96 bits per heavy atom. The van der Waals surface area contributed by atoms with Crippen LogP contribution in [0.25, 0.3) is 0 Å². The molecular formula is C14H15FN2O8. The van der Waals surface area contributed by atoms with Gasteiger partial charge in [-0.05, 0) is 12.5 Å². The topological polar surface area (TPSA) is 156 Å². The lowest BCUT2D eigenvalue weighted by atomic mass is 9.81. The zero-order valence-corrected chi connectivity index (χ0v) is 12.7. The van der Waals surface area contributed by atoms with Crippen LogP contribution in [0.4, 0.5) is 15.8 Å². The number of ether oxygens (including phenoxy) is 1. The van der Waals surface area contributed by atoms with Crippen LogP contribution in [0, 0.1) is 31.6 Å². The van der Waals surface area contributed by atoms with Gasteiger partial charge in [0.25, 0.3) is 5.69 Å². The van der Waals surface area contributed by atoms with E-state index in [0.29, 0.717) is 6.07 Å². The molecule has 2 aliphatic carbocycles. The van der Waals surface area contributed by atoms with Crippen molar-refractivity contribution >= 4 is 11.4 Å². The Kier molecular flexibility index (Phi) is 4.09. The molecule has 136 valence electrons. The van der Waals surface area contributed by atoms with Crippen molar-refractivity contribution in [2.75, 3.05) is 6.61 Å². The molecular weight excluding hydrogens is 343 g/mol. The molecule has 2 aliphatic rings. The summed E-state index contributed by atoms with van der Waals surface area (Å²) in [5.41, 5.74) is -2.34. The molecule has 0 heterocycles. The monoisotopic (exact) mass is 358 g/mol. The molecule has 25 heavy (non-hydrogen) atoms. The van der Waals surface area contributed by atoms with Crippen LogP contribution in [0.5, 0.6) is 5.75 Å². The molecule has 11 heteroatoms. The van der Waals surface area contributed by atoms with Gasteiger partial charge in [-0.25, -0.2) is 4.39 Å². The molecule has 1 aromatic carbocycles. The minimum atomic E-state index is -2.03. The fourth-order valence-corrected chi connectivity index (χ4v) is 3.50. The molecule has 3 rings (SSSR count). The van der Waals surface area contributed by atoms with Crippen LogP contribution in [0.3, 0.4) is 0 Å². The lowest BCUT2D eigenvalue weighted by Gasteiger charge is -2.38. The van der Waals surface area contributed by atoms with Gasteiger partial charge in [-0.1, -0.05) is 0 Å². The van der Waals surface area contributed by atoms with E-state index in [-0.39, 0.29) is 12.2 Å². The average Bonchev–Trinajstić information content (AvgIpc) is 3.32. The first-order valence-corrected chi connectivity index (χ1v) is 7.43. The number of aliphatic hydroxyl groups excluding tert-OH is 3. The number of rotatable bonds is 5. The van der Waals surface area contributed by atoms with Gasteiger partial charge in [0.15, 0.2) is 11.9 Å². The second-order valence-corrected chi connectivity index (χ2v) is 6.33. The van der Waals surface area contributed by atoms with Crippen LogP contribution < -0.4 is 4.74 Å². The van der Waals surface area contributed by atoms with E-state index in [1.54, 1.807) is 0 Å². The molecule has 1 aromatic rings. The Hall–Kier alpha value is -2.37. The van der Waals surface area contributed by atoms with Crippen LogP contribution in [0.2, 0.25) is 0 Å². The van der Waals surface area contributed by atoms with Crippen molar-refractivity contribution in [1.82, 2.24) is 0 Å². The van der Waals surface area contributed by atoms with Crippen molar-refractivity contribution < 1.29 is 34.3 Å².